The number of rotatable bonds is 5. The molecule has 1 rings (SSSR count). The van der Waals surface area contributed by atoms with Crippen molar-refractivity contribution in [2.24, 2.45) is 0 Å². The van der Waals surface area contributed by atoms with Crippen molar-refractivity contribution in [2.45, 2.75) is 32.1 Å². The van der Waals surface area contributed by atoms with Gasteiger partial charge in [-0.25, -0.2) is 0 Å². The summed E-state index contributed by atoms with van der Waals surface area (Å²) < 4.78 is 0. The van der Waals surface area contributed by atoms with E-state index in [1.807, 2.05) is 12.2 Å². The van der Waals surface area contributed by atoms with Gasteiger partial charge in [-0.15, -0.1) is 0 Å². The summed E-state index contributed by atoms with van der Waals surface area (Å²) in [5, 5.41) is 0. The van der Waals surface area contributed by atoms with Crippen LogP contribution >= 0.6 is 0 Å². The van der Waals surface area contributed by atoms with Gasteiger partial charge in [0.05, 0.1) is 0 Å². The van der Waals surface area contributed by atoms with Crippen LogP contribution in [-0.2, 0) is 9.59 Å². The number of hydrogen-bond acceptors (Lipinski definition) is 2. The van der Waals surface area contributed by atoms with Gasteiger partial charge < -0.3 is 4.79 Å². The van der Waals surface area contributed by atoms with Gasteiger partial charge in [-0.2, -0.15) is 0 Å². The van der Waals surface area contributed by atoms with Crippen molar-refractivity contribution in [3.05, 3.63) is 23.8 Å². The Balaban J connectivity index is 2.19. The molecular weight excluding hydrogens is 164 g/mol. The van der Waals surface area contributed by atoms with Crippen LogP contribution in [0.4, 0.5) is 0 Å². The molecule has 0 spiro atoms. The summed E-state index contributed by atoms with van der Waals surface area (Å²) in [4.78, 5) is 20.8. The average Bonchev–Trinajstić information content (AvgIpc) is 2.15. The lowest BCUT2D eigenvalue weighted by atomic mass is 10.0. The minimum absolute atomic E-state index is 0.177. The third-order valence-electron chi connectivity index (χ3n) is 2.09. The largest absolute Gasteiger partial charge is 0.303 e. The first-order chi connectivity index (χ1) is 6.33. The SMILES string of the molecule is O=CCCCCC1=CCC(=O)C=C1. The van der Waals surface area contributed by atoms with E-state index in [4.69, 9.17) is 0 Å². The Kier molecular flexibility index (Phi) is 4.16. The topological polar surface area (TPSA) is 34.1 Å². The third-order valence-corrected chi connectivity index (χ3v) is 2.09. The van der Waals surface area contributed by atoms with Crippen molar-refractivity contribution in [2.75, 3.05) is 0 Å². The highest BCUT2D eigenvalue weighted by Gasteiger charge is 2.02. The highest BCUT2D eigenvalue weighted by Crippen LogP contribution is 2.14. The highest BCUT2D eigenvalue weighted by atomic mass is 16.1. The summed E-state index contributed by atoms with van der Waals surface area (Å²) in [7, 11) is 0. The fourth-order valence-electron chi connectivity index (χ4n) is 1.31. The van der Waals surface area contributed by atoms with E-state index in [1.165, 1.54) is 5.57 Å². The molecular formula is C11H14O2. The van der Waals surface area contributed by atoms with Crippen LogP contribution in [0.15, 0.2) is 23.8 Å². The van der Waals surface area contributed by atoms with Crippen LogP contribution in [0, 0.1) is 0 Å². The normalized spacial score (nSPS) is 15.7. The predicted octanol–water partition coefficient (Wildman–Crippen LogP) is 2.20. The van der Waals surface area contributed by atoms with E-state index in [0.717, 1.165) is 25.5 Å². The summed E-state index contributed by atoms with van der Waals surface area (Å²) in [5.74, 6) is 0.177. The van der Waals surface area contributed by atoms with Gasteiger partial charge in [0.1, 0.15) is 6.29 Å². The quantitative estimate of drug-likeness (QED) is 0.477. The highest BCUT2D eigenvalue weighted by molar-refractivity contribution is 5.92. The lowest BCUT2D eigenvalue weighted by Crippen LogP contribution is -1.96. The third kappa shape index (κ3) is 3.83. The Morgan fingerprint density at radius 1 is 1.31 bits per heavy atom. The number of unbranched alkanes of at least 4 members (excludes halogenated alkanes) is 2. The molecule has 0 aromatic carbocycles. The molecule has 13 heavy (non-hydrogen) atoms. The van der Waals surface area contributed by atoms with Gasteiger partial charge in [-0.05, 0) is 25.3 Å². The fraction of sp³-hybridized carbons (Fsp3) is 0.455. The van der Waals surface area contributed by atoms with Crippen LogP contribution in [-0.4, -0.2) is 12.1 Å². The molecule has 1 aliphatic rings. The molecule has 0 atom stereocenters. The van der Waals surface area contributed by atoms with Crippen molar-refractivity contribution in [3.63, 3.8) is 0 Å². The standard InChI is InChI=1S/C11H14O2/c12-9-3-1-2-4-10-5-7-11(13)8-6-10/h5-7,9H,1-4,8H2. The molecule has 0 radical (unpaired) electrons. The number of allylic oxidation sites excluding steroid dienone is 4. The first kappa shape index (κ1) is 9.90. The lowest BCUT2D eigenvalue weighted by Gasteiger charge is -2.04. The molecule has 2 nitrogen and oxygen atoms in total. The van der Waals surface area contributed by atoms with Gasteiger partial charge in [0.15, 0.2) is 5.78 Å². The average molecular weight is 178 g/mol. The zero-order valence-electron chi connectivity index (χ0n) is 7.66. The van der Waals surface area contributed by atoms with Crippen molar-refractivity contribution in [1.82, 2.24) is 0 Å². The monoisotopic (exact) mass is 178 g/mol. The molecule has 70 valence electrons. The zero-order chi connectivity index (χ0) is 9.52. The van der Waals surface area contributed by atoms with Crippen LogP contribution in [0.2, 0.25) is 0 Å². The number of aldehydes is 1. The minimum atomic E-state index is 0.177. The lowest BCUT2D eigenvalue weighted by molar-refractivity contribution is -0.114. The first-order valence-corrected chi connectivity index (χ1v) is 4.66. The maximum Gasteiger partial charge on any atom is 0.159 e. The Hall–Kier alpha value is -1.18. The molecule has 0 aliphatic heterocycles. The summed E-state index contributed by atoms with van der Waals surface area (Å²) >= 11 is 0. The van der Waals surface area contributed by atoms with Crippen LogP contribution in [0.25, 0.3) is 0 Å². The van der Waals surface area contributed by atoms with Crippen molar-refractivity contribution in [1.29, 1.82) is 0 Å². The van der Waals surface area contributed by atoms with E-state index in [9.17, 15) is 9.59 Å². The smallest absolute Gasteiger partial charge is 0.159 e. The second kappa shape index (κ2) is 5.46. The summed E-state index contributed by atoms with van der Waals surface area (Å²) in [6.45, 7) is 0. The van der Waals surface area contributed by atoms with Gasteiger partial charge >= 0.3 is 0 Å². The molecule has 0 heterocycles. The van der Waals surface area contributed by atoms with E-state index in [2.05, 4.69) is 0 Å². The van der Waals surface area contributed by atoms with Crippen LogP contribution in [0.3, 0.4) is 0 Å². The zero-order valence-corrected chi connectivity index (χ0v) is 7.66. The summed E-state index contributed by atoms with van der Waals surface area (Å²) in [5.41, 5.74) is 1.23. The number of ketones is 1. The summed E-state index contributed by atoms with van der Waals surface area (Å²) in [6.07, 6.45) is 10.6. The van der Waals surface area contributed by atoms with Gasteiger partial charge in [0, 0.05) is 12.8 Å². The van der Waals surface area contributed by atoms with Crippen molar-refractivity contribution in [3.8, 4) is 0 Å². The van der Waals surface area contributed by atoms with Gasteiger partial charge in [0.2, 0.25) is 0 Å². The van der Waals surface area contributed by atoms with Crippen molar-refractivity contribution >= 4 is 12.1 Å². The Morgan fingerprint density at radius 3 is 2.77 bits per heavy atom. The fourth-order valence-corrected chi connectivity index (χ4v) is 1.31. The summed E-state index contributed by atoms with van der Waals surface area (Å²) in [6, 6.07) is 0. The Bertz CT molecular complexity index is 249. The first-order valence-electron chi connectivity index (χ1n) is 4.66. The number of carbonyl (C=O) groups is 2. The van der Waals surface area contributed by atoms with Crippen molar-refractivity contribution < 1.29 is 9.59 Å². The van der Waals surface area contributed by atoms with E-state index in [1.54, 1.807) is 6.08 Å². The molecule has 0 fully saturated rings. The molecule has 1 aliphatic carbocycles. The molecule has 0 aromatic rings. The molecule has 0 N–H and O–H groups in total. The number of hydrogen-bond donors (Lipinski definition) is 0. The van der Waals surface area contributed by atoms with Crippen LogP contribution in [0.5, 0.6) is 0 Å². The molecule has 0 saturated carbocycles. The molecule has 0 unspecified atom stereocenters. The maximum absolute atomic E-state index is 10.8. The second-order valence-electron chi connectivity index (χ2n) is 3.20. The predicted molar refractivity (Wildman–Crippen MR) is 51.4 cm³/mol. The molecule has 2 heteroatoms. The Labute approximate surface area is 78.3 Å². The Morgan fingerprint density at radius 2 is 2.15 bits per heavy atom. The van der Waals surface area contributed by atoms with Gasteiger partial charge in [0.25, 0.3) is 0 Å². The molecule has 0 bridgehead atoms. The van der Waals surface area contributed by atoms with E-state index < -0.39 is 0 Å². The van der Waals surface area contributed by atoms with Gasteiger partial charge in [-0.3, -0.25) is 4.79 Å². The van der Waals surface area contributed by atoms with E-state index in [-0.39, 0.29) is 5.78 Å². The van der Waals surface area contributed by atoms with Crippen LogP contribution in [0.1, 0.15) is 32.1 Å². The van der Waals surface area contributed by atoms with Crippen LogP contribution < -0.4 is 0 Å². The maximum atomic E-state index is 10.8. The van der Waals surface area contributed by atoms with Gasteiger partial charge in [-0.1, -0.05) is 17.7 Å². The minimum Gasteiger partial charge on any atom is -0.303 e. The van der Waals surface area contributed by atoms with E-state index >= 15 is 0 Å². The number of carbonyl (C=O) groups excluding carboxylic acids is 2. The van der Waals surface area contributed by atoms with E-state index in [0.29, 0.717) is 12.8 Å². The molecule has 0 saturated heterocycles. The molecule has 0 amide bonds. The second-order valence-corrected chi connectivity index (χ2v) is 3.20. The molecule has 0 aromatic heterocycles.